The van der Waals surface area contributed by atoms with Crippen LogP contribution in [-0.4, -0.2) is 22.1 Å². The van der Waals surface area contributed by atoms with Gasteiger partial charge in [0.2, 0.25) is 0 Å². The number of thiazole rings is 1. The summed E-state index contributed by atoms with van der Waals surface area (Å²) in [4.78, 5) is 15.6. The molecule has 1 heterocycles. The van der Waals surface area contributed by atoms with Crippen LogP contribution in [0.15, 0.2) is 5.38 Å². The lowest BCUT2D eigenvalue weighted by Crippen LogP contribution is -2.37. The Morgan fingerprint density at radius 2 is 2.28 bits per heavy atom. The second kappa shape index (κ2) is 7.48. The molecule has 0 fully saturated rings. The van der Waals surface area contributed by atoms with E-state index in [1.165, 1.54) is 0 Å². The van der Waals surface area contributed by atoms with Gasteiger partial charge < -0.3 is 5.11 Å². The maximum atomic E-state index is 11.1. The summed E-state index contributed by atoms with van der Waals surface area (Å²) in [7, 11) is 0. The quantitative estimate of drug-likeness (QED) is 0.762. The lowest BCUT2D eigenvalue weighted by molar-refractivity contribution is -0.140. The van der Waals surface area contributed by atoms with Crippen LogP contribution in [0.25, 0.3) is 0 Å². The second-order valence-corrected chi connectivity index (χ2v) is 5.83. The highest BCUT2D eigenvalue weighted by molar-refractivity contribution is 7.09. The van der Waals surface area contributed by atoms with Crippen molar-refractivity contribution < 1.29 is 9.90 Å². The number of rotatable bonds is 8. The zero-order chi connectivity index (χ0) is 13.5. The van der Waals surface area contributed by atoms with E-state index < -0.39 is 12.0 Å². The van der Waals surface area contributed by atoms with Gasteiger partial charge in [-0.15, -0.1) is 11.3 Å². The Labute approximate surface area is 112 Å². The number of aliphatic carboxylic acids is 1. The molecule has 0 aromatic carbocycles. The predicted molar refractivity (Wildman–Crippen MR) is 73.8 cm³/mol. The maximum Gasteiger partial charge on any atom is 0.320 e. The Hall–Kier alpha value is -0.940. The van der Waals surface area contributed by atoms with Gasteiger partial charge in [-0.2, -0.15) is 0 Å². The molecule has 4 nitrogen and oxygen atoms in total. The van der Waals surface area contributed by atoms with E-state index in [1.54, 1.807) is 11.3 Å². The largest absolute Gasteiger partial charge is 0.480 e. The maximum absolute atomic E-state index is 11.1. The third-order valence-corrected chi connectivity index (χ3v) is 3.56. The summed E-state index contributed by atoms with van der Waals surface area (Å²) >= 11 is 1.65. The summed E-state index contributed by atoms with van der Waals surface area (Å²) in [6.07, 6.45) is 2.73. The van der Waals surface area contributed by atoms with E-state index in [2.05, 4.69) is 17.2 Å². The first-order valence-corrected chi connectivity index (χ1v) is 7.30. The number of aryl methyl sites for hydroxylation is 1. The summed E-state index contributed by atoms with van der Waals surface area (Å²) in [6.45, 7) is 6.71. The van der Waals surface area contributed by atoms with Crippen molar-refractivity contribution in [3.8, 4) is 0 Å². The van der Waals surface area contributed by atoms with Crippen molar-refractivity contribution in [3.63, 3.8) is 0 Å². The number of hydrogen-bond donors (Lipinski definition) is 2. The van der Waals surface area contributed by atoms with Crippen LogP contribution >= 0.6 is 11.3 Å². The van der Waals surface area contributed by atoms with Crippen molar-refractivity contribution in [2.75, 3.05) is 0 Å². The average molecular weight is 270 g/mol. The highest BCUT2D eigenvalue weighted by Crippen LogP contribution is 2.12. The molecule has 0 saturated carbocycles. The monoisotopic (exact) mass is 270 g/mol. The van der Waals surface area contributed by atoms with Crippen LogP contribution in [-0.2, 0) is 17.8 Å². The van der Waals surface area contributed by atoms with Crippen LogP contribution in [0.4, 0.5) is 0 Å². The Balaban J connectivity index is 2.47. The first-order valence-electron chi connectivity index (χ1n) is 6.42. The van der Waals surface area contributed by atoms with E-state index in [1.807, 2.05) is 19.2 Å². The highest BCUT2D eigenvalue weighted by Gasteiger charge is 2.18. The van der Waals surface area contributed by atoms with Crippen molar-refractivity contribution in [3.05, 3.63) is 16.1 Å². The van der Waals surface area contributed by atoms with Gasteiger partial charge in [0.1, 0.15) is 6.04 Å². The molecule has 0 bridgehead atoms. The molecule has 0 radical (unpaired) electrons. The van der Waals surface area contributed by atoms with Crippen molar-refractivity contribution in [1.29, 1.82) is 0 Å². The lowest BCUT2D eigenvalue weighted by atomic mass is 10.0. The fourth-order valence-electron chi connectivity index (χ4n) is 1.73. The van der Waals surface area contributed by atoms with Crippen LogP contribution < -0.4 is 5.32 Å². The van der Waals surface area contributed by atoms with Gasteiger partial charge in [0.15, 0.2) is 0 Å². The molecular formula is C13H22N2O2S. The van der Waals surface area contributed by atoms with E-state index in [0.29, 0.717) is 18.9 Å². The Bertz CT molecular complexity index is 377. The molecule has 1 aromatic heterocycles. The molecule has 0 aliphatic carbocycles. The molecule has 0 aliphatic heterocycles. The first-order chi connectivity index (χ1) is 8.52. The van der Waals surface area contributed by atoms with Crippen molar-refractivity contribution in [1.82, 2.24) is 10.3 Å². The molecule has 1 unspecified atom stereocenters. The predicted octanol–water partition coefficient (Wildman–Crippen LogP) is 2.68. The summed E-state index contributed by atoms with van der Waals surface area (Å²) in [6, 6.07) is -0.485. The van der Waals surface area contributed by atoms with Crippen molar-refractivity contribution in [2.45, 2.75) is 52.6 Å². The van der Waals surface area contributed by atoms with Crippen LogP contribution in [0, 0.1) is 5.92 Å². The number of aromatic nitrogens is 1. The zero-order valence-electron chi connectivity index (χ0n) is 11.3. The summed E-state index contributed by atoms with van der Waals surface area (Å²) in [5.74, 6) is -0.419. The van der Waals surface area contributed by atoms with Crippen LogP contribution in [0.2, 0.25) is 0 Å². The van der Waals surface area contributed by atoms with Gasteiger partial charge >= 0.3 is 5.97 Å². The number of nitrogens with zero attached hydrogens (tertiary/aromatic N) is 1. The Morgan fingerprint density at radius 1 is 1.56 bits per heavy atom. The Kier molecular flexibility index (Phi) is 6.29. The molecule has 0 spiro atoms. The van der Waals surface area contributed by atoms with Gasteiger partial charge in [0.05, 0.1) is 10.7 Å². The molecular weight excluding hydrogens is 248 g/mol. The third kappa shape index (κ3) is 5.14. The van der Waals surface area contributed by atoms with E-state index in [0.717, 1.165) is 23.5 Å². The molecule has 102 valence electrons. The molecule has 2 N–H and O–H groups in total. The summed E-state index contributed by atoms with van der Waals surface area (Å²) < 4.78 is 0. The minimum Gasteiger partial charge on any atom is -0.480 e. The first kappa shape index (κ1) is 15.1. The van der Waals surface area contributed by atoms with Gasteiger partial charge in [0.25, 0.3) is 0 Å². The molecule has 0 saturated heterocycles. The van der Waals surface area contributed by atoms with Gasteiger partial charge in [-0.3, -0.25) is 10.1 Å². The third-order valence-electron chi connectivity index (χ3n) is 2.60. The number of carboxylic acids is 1. The van der Waals surface area contributed by atoms with Crippen molar-refractivity contribution >= 4 is 17.3 Å². The standard InChI is InChI=1S/C13H22N2O2S/c1-4-5-12-15-10(8-18-12)7-14-11(13(16)17)6-9(2)3/h8-9,11,14H,4-7H2,1-3H3,(H,16,17). The minimum absolute atomic E-state index is 0.365. The molecule has 0 amide bonds. The lowest BCUT2D eigenvalue weighted by Gasteiger charge is -2.15. The number of carbonyl (C=O) groups is 1. The molecule has 1 rings (SSSR count). The zero-order valence-corrected chi connectivity index (χ0v) is 12.1. The smallest absolute Gasteiger partial charge is 0.320 e. The topological polar surface area (TPSA) is 62.2 Å². The second-order valence-electron chi connectivity index (χ2n) is 4.88. The van der Waals surface area contributed by atoms with Crippen LogP contribution in [0.5, 0.6) is 0 Å². The van der Waals surface area contributed by atoms with E-state index >= 15 is 0 Å². The average Bonchev–Trinajstić information content (AvgIpc) is 2.72. The molecule has 0 aliphatic rings. The van der Waals surface area contributed by atoms with Gasteiger partial charge in [-0.05, 0) is 25.2 Å². The molecule has 18 heavy (non-hydrogen) atoms. The van der Waals surface area contributed by atoms with E-state index in [9.17, 15) is 4.79 Å². The SMILES string of the molecule is CCCc1nc(CNC(CC(C)C)C(=O)O)cs1. The van der Waals surface area contributed by atoms with Crippen LogP contribution in [0.1, 0.15) is 44.3 Å². The molecule has 5 heteroatoms. The van der Waals surface area contributed by atoms with Gasteiger partial charge in [0, 0.05) is 11.9 Å². The Morgan fingerprint density at radius 3 is 2.83 bits per heavy atom. The number of hydrogen-bond acceptors (Lipinski definition) is 4. The van der Waals surface area contributed by atoms with E-state index in [4.69, 9.17) is 5.11 Å². The van der Waals surface area contributed by atoms with Gasteiger partial charge in [-0.25, -0.2) is 4.98 Å². The summed E-state index contributed by atoms with van der Waals surface area (Å²) in [5.41, 5.74) is 0.943. The fraction of sp³-hybridized carbons (Fsp3) is 0.692. The normalized spacial score (nSPS) is 12.9. The van der Waals surface area contributed by atoms with E-state index in [-0.39, 0.29) is 0 Å². The van der Waals surface area contributed by atoms with Gasteiger partial charge in [-0.1, -0.05) is 20.8 Å². The fourth-order valence-corrected chi connectivity index (χ4v) is 2.63. The number of nitrogens with one attached hydrogen (secondary N) is 1. The molecule has 1 aromatic rings. The molecule has 1 atom stereocenters. The minimum atomic E-state index is -0.785. The van der Waals surface area contributed by atoms with Crippen molar-refractivity contribution in [2.24, 2.45) is 5.92 Å². The highest BCUT2D eigenvalue weighted by atomic mass is 32.1. The number of carboxylic acid groups (broad SMARTS) is 1. The summed E-state index contributed by atoms with van der Waals surface area (Å²) in [5, 5.41) is 15.3. The van der Waals surface area contributed by atoms with Crippen LogP contribution in [0.3, 0.4) is 0 Å².